The molecule has 4 saturated carbocycles. The van der Waals surface area contributed by atoms with Gasteiger partial charge in [-0.1, -0.05) is 12.1 Å². The van der Waals surface area contributed by atoms with Gasteiger partial charge in [-0.15, -0.1) is 0 Å². The van der Waals surface area contributed by atoms with Gasteiger partial charge in [0, 0.05) is 19.4 Å². The highest BCUT2D eigenvalue weighted by atomic mass is 19.3. The van der Waals surface area contributed by atoms with Gasteiger partial charge >= 0.3 is 0 Å². The number of aromatic amines is 1. The van der Waals surface area contributed by atoms with E-state index >= 15 is 0 Å². The van der Waals surface area contributed by atoms with Gasteiger partial charge in [-0.3, -0.25) is 9.59 Å². The molecule has 1 saturated heterocycles. The normalized spacial score (nSPS) is 29.5. The highest BCUT2D eigenvalue weighted by Crippen LogP contribution is 2.70. The van der Waals surface area contributed by atoms with Crippen LogP contribution in [0, 0.1) is 11.3 Å². The number of carbonyl (C=O) groups excluding carboxylic acids is 2. The number of alkyl halides is 3. The first-order valence-corrected chi connectivity index (χ1v) is 14.5. The summed E-state index contributed by atoms with van der Waals surface area (Å²) >= 11 is 0. The van der Waals surface area contributed by atoms with Crippen LogP contribution in [0.15, 0.2) is 16.8 Å². The second-order valence-corrected chi connectivity index (χ2v) is 12.3. The quantitative estimate of drug-likeness (QED) is 0.423. The Labute approximate surface area is 238 Å². The van der Waals surface area contributed by atoms with E-state index in [9.17, 15) is 22.8 Å². The Kier molecular flexibility index (Phi) is 6.33. The van der Waals surface area contributed by atoms with Crippen LogP contribution in [0.25, 0.3) is 11.2 Å². The Hall–Kier alpha value is -3.55. The number of hydrogen-bond acceptors (Lipinski definition) is 8. The first kappa shape index (κ1) is 27.3. The molecular weight excluding hydrogens is 555 g/mol. The molecule has 11 nitrogen and oxygen atoms in total. The van der Waals surface area contributed by atoms with E-state index in [2.05, 4.69) is 20.6 Å². The number of amides is 2. The number of rotatable bonds is 7. The van der Waals surface area contributed by atoms with Crippen LogP contribution in [0.3, 0.4) is 0 Å². The molecule has 2 N–H and O–H groups in total. The molecular formula is C28H32F3N7O4. The number of halogens is 3. The minimum absolute atomic E-state index is 0.0459. The van der Waals surface area contributed by atoms with Crippen molar-refractivity contribution in [2.24, 2.45) is 11.3 Å². The highest BCUT2D eigenvalue weighted by molar-refractivity contribution is 5.93. The summed E-state index contributed by atoms with van der Waals surface area (Å²) in [5.74, 6) is -3.23. The molecule has 0 radical (unpaired) electrons. The van der Waals surface area contributed by atoms with E-state index < -0.39 is 35.0 Å². The molecule has 2 bridgehead atoms. The zero-order valence-corrected chi connectivity index (χ0v) is 23.2. The van der Waals surface area contributed by atoms with Gasteiger partial charge < -0.3 is 19.9 Å². The van der Waals surface area contributed by atoms with Crippen LogP contribution in [0.1, 0.15) is 91.7 Å². The molecule has 5 aliphatic rings. The number of fused-ring (bicyclic) bond motifs is 1. The number of hydrogen-bond donors (Lipinski definition) is 2. The molecule has 0 unspecified atom stereocenters. The molecule has 0 aromatic carbocycles. The third-order valence-corrected chi connectivity index (χ3v) is 9.46. The lowest BCUT2D eigenvalue weighted by molar-refractivity contribution is -0.226. The van der Waals surface area contributed by atoms with E-state index in [1.807, 2.05) is 6.92 Å². The van der Waals surface area contributed by atoms with Crippen molar-refractivity contribution in [3.63, 3.8) is 0 Å². The van der Waals surface area contributed by atoms with Gasteiger partial charge in [0.05, 0.1) is 41.9 Å². The fourth-order valence-electron chi connectivity index (χ4n) is 7.17. The van der Waals surface area contributed by atoms with Crippen molar-refractivity contribution in [3.8, 4) is 0 Å². The number of imidazole rings is 1. The number of nitrogens with one attached hydrogen (secondary N) is 2. The second kappa shape index (κ2) is 9.75. The van der Waals surface area contributed by atoms with Gasteiger partial charge in [0.25, 0.3) is 5.91 Å². The number of morpholine rings is 1. The maximum absolute atomic E-state index is 14.2. The van der Waals surface area contributed by atoms with Gasteiger partial charge in [-0.25, -0.2) is 27.8 Å². The number of nitrogens with zero attached hydrogens (tertiary/aromatic N) is 5. The minimum atomic E-state index is -2.74. The van der Waals surface area contributed by atoms with Crippen LogP contribution < -0.4 is 5.32 Å². The van der Waals surface area contributed by atoms with Gasteiger partial charge in [0.1, 0.15) is 17.2 Å². The summed E-state index contributed by atoms with van der Waals surface area (Å²) in [6.07, 6.45) is 1.11. The topological polar surface area (TPSA) is 139 Å². The molecule has 0 spiro atoms. The zero-order chi connectivity index (χ0) is 29.3. The van der Waals surface area contributed by atoms with Gasteiger partial charge in [-0.2, -0.15) is 0 Å². The summed E-state index contributed by atoms with van der Waals surface area (Å²) in [6.45, 7) is 2.88. The molecule has 8 rings (SSSR count). The zero-order valence-electron chi connectivity index (χ0n) is 23.2. The molecule has 2 atom stereocenters. The van der Waals surface area contributed by atoms with Crippen molar-refractivity contribution >= 4 is 23.0 Å². The summed E-state index contributed by atoms with van der Waals surface area (Å²) in [6, 6.07) is 2.45. The molecule has 3 aromatic rings. The van der Waals surface area contributed by atoms with Crippen molar-refractivity contribution in [3.05, 3.63) is 35.0 Å². The molecule has 2 amide bonds. The molecule has 4 aliphatic carbocycles. The van der Waals surface area contributed by atoms with Crippen LogP contribution >= 0.6 is 0 Å². The monoisotopic (exact) mass is 587 g/mol. The van der Waals surface area contributed by atoms with E-state index in [4.69, 9.17) is 19.3 Å². The Morgan fingerprint density at radius 3 is 2.62 bits per heavy atom. The first-order chi connectivity index (χ1) is 20.1. The van der Waals surface area contributed by atoms with E-state index in [0.29, 0.717) is 47.9 Å². The largest absolute Gasteiger partial charge is 0.377 e. The fraction of sp³-hybridized carbons (Fsp3) is 0.643. The summed E-state index contributed by atoms with van der Waals surface area (Å²) < 4.78 is 52.7. The first-order valence-electron chi connectivity index (χ1n) is 14.5. The predicted molar refractivity (Wildman–Crippen MR) is 140 cm³/mol. The van der Waals surface area contributed by atoms with Crippen LogP contribution in [0.2, 0.25) is 0 Å². The van der Waals surface area contributed by atoms with Crippen molar-refractivity contribution in [2.75, 3.05) is 19.8 Å². The average molecular weight is 588 g/mol. The lowest BCUT2D eigenvalue weighted by Crippen LogP contribution is -2.71. The van der Waals surface area contributed by atoms with E-state index in [1.54, 1.807) is 17.0 Å². The predicted octanol–water partition coefficient (Wildman–Crippen LogP) is 3.99. The van der Waals surface area contributed by atoms with Crippen molar-refractivity contribution in [1.82, 2.24) is 35.5 Å². The highest BCUT2D eigenvalue weighted by Gasteiger charge is 2.73. The van der Waals surface area contributed by atoms with Crippen molar-refractivity contribution in [1.29, 1.82) is 0 Å². The Bertz CT molecular complexity index is 1510. The number of pyridine rings is 1. The molecule has 14 heteroatoms. The number of H-pyrrole nitrogens is 1. The Morgan fingerprint density at radius 2 is 1.90 bits per heavy atom. The Balaban J connectivity index is 1.17. The number of ether oxygens (including phenoxy) is 1. The molecule has 42 heavy (non-hydrogen) atoms. The minimum Gasteiger partial charge on any atom is -0.377 e. The third-order valence-electron chi connectivity index (χ3n) is 9.46. The van der Waals surface area contributed by atoms with E-state index in [1.165, 1.54) is 0 Å². The molecule has 1 aliphatic heterocycles. The van der Waals surface area contributed by atoms with Gasteiger partial charge in [0.2, 0.25) is 11.8 Å². The standard InChI is InChI=1S/C28H32F3N7O4/c1-2-16-21(37-42-36-16)24(39)34-20(15-5-7-28(30,31)8-6-15)23-33-18-4-3-17(32-22(18)35-23)19-11-41-10-9-38(19)25(40)26-12-27(29,13-26)14-26/h3-4,15,19-20H,2,5-14H2,1H3,(H,34,39)(H,32,33,35)/t19-,20-,26?,27?/m0/s1. The number of aryl methyl sites for hydroxylation is 1. The maximum atomic E-state index is 14.2. The fourth-order valence-corrected chi connectivity index (χ4v) is 7.17. The number of aromatic nitrogens is 5. The summed E-state index contributed by atoms with van der Waals surface area (Å²) in [4.78, 5) is 41.1. The molecule has 4 heterocycles. The summed E-state index contributed by atoms with van der Waals surface area (Å²) in [5.41, 5.74) is 0.215. The number of carbonyl (C=O) groups is 2. The van der Waals surface area contributed by atoms with E-state index in [0.717, 1.165) is 0 Å². The van der Waals surface area contributed by atoms with Crippen LogP contribution in [0.4, 0.5) is 13.2 Å². The summed E-state index contributed by atoms with van der Waals surface area (Å²) in [7, 11) is 0. The average Bonchev–Trinajstić information content (AvgIpc) is 3.60. The van der Waals surface area contributed by atoms with Crippen molar-refractivity contribution in [2.45, 2.75) is 82.0 Å². The smallest absolute Gasteiger partial charge is 0.276 e. The molecule has 224 valence electrons. The van der Waals surface area contributed by atoms with Gasteiger partial charge in [-0.05, 0) is 61.7 Å². The maximum Gasteiger partial charge on any atom is 0.276 e. The lowest BCUT2D eigenvalue weighted by atomic mass is 9.42. The molecule has 3 aromatic heterocycles. The lowest BCUT2D eigenvalue weighted by Gasteiger charge is -2.65. The third kappa shape index (κ3) is 4.54. The Morgan fingerprint density at radius 1 is 1.14 bits per heavy atom. The van der Waals surface area contributed by atoms with E-state index in [-0.39, 0.29) is 69.1 Å². The second-order valence-electron chi connectivity index (χ2n) is 12.3. The van der Waals surface area contributed by atoms with Crippen LogP contribution in [-0.4, -0.2) is 73.3 Å². The van der Waals surface area contributed by atoms with Crippen molar-refractivity contribution < 1.29 is 32.1 Å². The van der Waals surface area contributed by atoms with Crippen LogP contribution in [0.5, 0.6) is 0 Å². The SMILES string of the molecule is CCc1nonc1C(=O)N[C@H](c1nc2nc([C@@H]3COCCN3C(=O)C34CC(F)(C3)C4)ccc2[nH]1)C1CCC(F)(F)CC1. The molecule has 5 fully saturated rings. The van der Waals surface area contributed by atoms with Gasteiger partial charge in [0.15, 0.2) is 11.3 Å². The van der Waals surface area contributed by atoms with Crippen LogP contribution in [-0.2, 0) is 16.0 Å². The summed E-state index contributed by atoms with van der Waals surface area (Å²) in [5, 5.41) is 10.4.